The first-order valence-corrected chi connectivity index (χ1v) is 14.0. The van der Waals surface area contributed by atoms with Crippen molar-refractivity contribution in [2.45, 2.75) is 49.1 Å². The Balaban J connectivity index is 0.000000369. The zero-order valence-corrected chi connectivity index (χ0v) is 25.1. The van der Waals surface area contributed by atoms with E-state index in [9.17, 15) is 59.7 Å². The van der Waals surface area contributed by atoms with E-state index in [-0.39, 0.29) is 44.4 Å². The van der Waals surface area contributed by atoms with Crippen molar-refractivity contribution in [3.05, 3.63) is 47.6 Å². The minimum absolute atomic E-state index is 0.0226. The number of phenolic OH excluding ortho intramolecular Hbond substituents is 2. The fraction of sp³-hybridized carbons (Fsp3) is 0.300. The number of aliphatic hydroxyl groups is 5. The van der Waals surface area contributed by atoms with Crippen molar-refractivity contribution in [3.63, 3.8) is 0 Å². The fourth-order valence-corrected chi connectivity index (χ4v) is 4.88. The van der Waals surface area contributed by atoms with Gasteiger partial charge in [0.1, 0.15) is 35.6 Å². The van der Waals surface area contributed by atoms with Gasteiger partial charge >= 0.3 is 29.3 Å². The highest BCUT2D eigenvalue weighted by molar-refractivity contribution is 6.11. The van der Waals surface area contributed by atoms with E-state index in [1.165, 1.54) is 12.1 Å². The number of carboxylic acid groups (broad SMARTS) is 4. The van der Waals surface area contributed by atoms with Gasteiger partial charge in [-0.1, -0.05) is 0 Å². The molecule has 0 unspecified atom stereocenters. The van der Waals surface area contributed by atoms with Gasteiger partial charge in [0, 0.05) is 17.0 Å². The number of phenols is 2. The summed E-state index contributed by atoms with van der Waals surface area (Å²) >= 11 is 0. The van der Waals surface area contributed by atoms with Crippen LogP contribution >= 0.6 is 0 Å². The summed E-state index contributed by atoms with van der Waals surface area (Å²) in [7, 11) is 0. The van der Waals surface area contributed by atoms with E-state index < -0.39 is 96.9 Å². The Hall–Kier alpha value is -5.77. The largest absolute Gasteiger partial charge is 0.504 e. The smallest absolute Gasteiger partial charge is 0.371 e. The molecule has 0 bridgehead atoms. The quantitative estimate of drug-likeness (QED) is 0.0686. The maximum Gasteiger partial charge on any atom is 0.371 e. The summed E-state index contributed by atoms with van der Waals surface area (Å²) in [5.74, 6) is -8.39. The second kappa shape index (κ2) is 14.4. The number of aliphatic carboxylic acids is 3. The predicted molar refractivity (Wildman–Crippen MR) is 158 cm³/mol. The molecule has 3 heterocycles. The predicted octanol–water partition coefficient (Wildman–Crippen LogP) is -1.11. The van der Waals surface area contributed by atoms with E-state index in [0.717, 1.165) is 24.3 Å². The van der Waals surface area contributed by atoms with Crippen molar-refractivity contribution < 1.29 is 98.5 Å². The van der Waals surface area contributed by atoms with Gasteiger partial charge in [-0.2, -0.15) is 0 Å². The summed E-state index contributed by atoms with van der Waals surface area (Å²) in [4.78, 5) is 52.4. The summed E-state index contributed by atoms with van der Waals surface area (Å²) in [6.07, 6.45) is -10.5. The van der Waals surface area contributed by atoms with Crippen molar-refractivity contribution >= 4 is 45.8 Å². The van der Waals surface area contributed by atoms with Crippen LogP contribution in [0.25, 0.3) is 33.3 Å². The molecule has 5 rings (SSSR count). The minimum atomic E-state index is -2.74. The van der Waals surface area contributed by atoms with Gasteiger partial charge < -0.3 is 74.5 Å². The Kier molecular flexibility index (Phi) is 10.7. The molecule has 2 aromatic heterocycles. The Morgan fingerprint density at radius 3 is 1.94 bits per heavy atom. The number of carboxylic acids is 4. The highest BCUT2D eigenvalue weighted by Crippen LogP contribution is 2.44. The van der Waals surface area contributed by atoms with Crippen LogP contribution in [0.5, 0.6) is 17.2 Å². The number of rotatable bonds is 10. The lowest BCUT2D eigenvalue weighted by atomic mass is 9.96. The number of carbonyl (C=O) groups is 4. The van der Waals surface area contributed by atoms with Crippen LogP contribution in [0.4, 0.5) is 0 Å². The van der Waals surface area contributed by atoms with E-state index in [2.05, 4.69) is 0 Å². The second-order valence-electron chi connectivity index (χ2n) is 10.9. The number of aromatic hydroxyl groups is 2. The molecule has 20 nitrogen and oxygen atoms in total. The summed E-state index contributed by atoms with van der Waals surface area (Å²) in [6, 6.07) is 7.11. The summed E-state index contributed by atoms with van der Waals surface area (Å²) in [6.45, 7) is -0.723. The highest BCUT2D eigenvalue weighted by Gasteiger charge is 2.45. The van der Waals surface area contributed by atoms with Crippen molar-refractivity contribution in [2.75, 3.05) is 6.61 Å². The molecule has 20 heteroatoms. The van der Waals surface area contributed by atoms with Crippen molar-refractivity contribution in [3.8, 4) is 28.6 Å². The van der Waals surface area contributed by atoms with E-state index in [0.29, 0.717) is 0 Å². The fourth-order valence-electron chi connectivity index (χ4n) is 4.88. The van der Waals surface area contributed by atoms with Crippen molar-refractivity contribution in [1.29, 1.82) is 0 Å². The van der Waals surface area contributed by atoms with Gasteiger partial charge in [-0.25, -0.2) is 9.59 Å². The maximum atomic E-state index is 11.8. The lowest BCUT2D eigenvalue weighted by Crippen LogP contribution is -2.60. The normalized spacial score (nSPS) is 20.5. The van der Waals surface area contributed by atoms with Crippen molar-refractivity contribution in [2.24, 2.45) is 0 Å². The molecule has 4 aromatic rings. The molecule has 0 radical (unpaired) electrons. The molecule has 0 aliphatic carbocycles. The minimum Gasteiger partial charge on any atom is -0.504 e. The number of aliphatic hydroxyl groups excluding tert-OH is 4. The molecule has 1 fully saturated rings. The van der Waals surface area contributed by atoms with Gasteiger partial charge in [0.2, 0.25) is 12.1 Å². The van der Waals surface area contributed by atoms with Gasteiger partial charge in [-0.15, -0.1) is 0 Å². The zero-order valence-electron chi connectivity index (χ0n) is 25.1. The lowest BCUT2D eigenvalue weighted by Gasteiger charge is -2.39. The van der Waals surface area contributed by atoms with Crippen LogP contribution in [0.3, 0.4) is 0 Å². The molecule has 0 saturated carbocycles. The Labute approximate surface area is 276 Å². The molecule has 2 aromatic carbocycles. The Bertz CT molecular complexity index is 1990. The molecule has 1 aliphatic rings. The second-order valence-corrected chi connectivity index (χ2v) is 10.9. The number of hydrogen-bond donors (Lipinski definition) is 11. The molecule has 0 spiro atoms. The first-order valence-electron chi connectivity index (χ1n) is 14.0. The van der Waals surface area contributed by atoms with Crippen LogP contribution in [0.1, 0.15) is 23.4 Å². The molecule has 50 heavy (non-hydrogen) atoms. The van der Waals surface area contributed by atoms with Gasteiger partial charge in [-0.3, -0.25) is 14.4 Å². The average Bonchev–Trinajstić information content (AvgIpc) is 3.02. The van der Waals surface area contributed by atoms with Gasteiger partial charge in [-0.05, 0) is 18.2 Å². The molecule has 0 amide bonds. The van der Waals surface area contributed by atoms with Crippen LogP contribution in [0, 0.1) is 0 Å². The molecule has 268 valence electrons. The average molecular weight is 710 g/mol. The molecular formula is C30H29O20+. The van der Waals surface area contributed by atoms with Gasteiger partial charge in [0.05, 0.1) is 37.0 Å². The first kappa shape index (κ1) is 37.1. The summed E-state index contributed by atoms with van der Waals surface area (Å²) in [5, 5.41) is 104. The van der Waals surface area contributed by atoms with E-state index in [1.54, 1.807) is 0 Å². The topological polar surface area (TPSA) is 357 Å². The van der Waals surface area contributed by atoms with Gasteiger partial charge in [0.25, 0.3) is 0 Å². The number of benzene rings is 2. The lowest BCUT2D eigenvalue weighted by molar-refractivity contribution is -0.277. The molecule has 1 aliphatic heterocycles. The van der Waals surface area contributed by atoms with Crippen molar-refractivity contribution in [1.82, 2.24) is 0 Å². The van der Waals surface area contributed by atoms with Crippen LogP contribution in [-0.2, 0) is 19.1 Å². The third-order valence-corrected chi connectivity index (χ3v) is 7.29. The summed E-state index contributed by atoms with van der Waals surface area (Å²) < 4.78 is 22.7. The zero-order chi connectivity index (χ0) is 37.2. The van der Waals surface area contributed by atoms with Gasteiger partial charge in [0.15, 0.2) is 28.6 Å². The van der Waals surface area contributed by atoms with Crippen LogP contribution in [0.15, 0.2) is 45.2 Å². The first-order chi connectivity index (χ1) is 23.4. The van der Waals surface area contributed by atoms with E-state index in [4.69, 9.17) is 38.7 Å². The van der Waals surface area contributed by atoms with E-state index >= 15 is 0 Å². The Morgan fingerprint density at radius 2 is 1.42 bits per heavy atom. The number of ether oxygens (including phenoxy) is 2. The SMILES string of the molecule is O=C(O)CC(O)(CC(=O)O)C(=O)O.O=C(O)c1cc2c(O[C@H]3O[C@@H](CO)[C@@H](O)[C@H](O)[C@@H]3O)c(-c3ccc(O)c(O)c3)oc3cc(=[OH+])cc(o1)c32. The third kappa shape index (κ3) is 7.59. The third-order valence-electron chi connectivity index (χ3n) is 7.29. The number of aromatic carboxylic acids is 1. The maximum absolute atomic E-state index is 11.8. The van der Waals surface area contributed by atoms with Crippen LogP contribution in [0.2, 0.25) is 0 Å². The van der Waals surface area contributed by atoms with E-state index in [1.807, 2.05) is 0 Å². The van der Waals surface area contributed by atoms with Crippen LogP contribution in [-0.4, -0.2) is 128 Å². The molecular weight excluding hydrogens is 680 g/mol. The highest BCUT2D eigenvalue weighted by atomic mass is 16.7. The summed E-state index contributed by atoms with van der Waals surface area (Å²) in [5.41, 5.74) is -3.00. The monoisotopic (exact) mass is 709 g/mol. The standard InChI is InChI=1S/C24H20O13.C6H8O7/c25-7-16-18(29)19(30)20(31)24(36-16)37-22-10-6-15(23(32)33)34-13-4-9(26)5-14(17(10)13)35-21(22)8-1-2-11(27)12(28)3-8;7-3(8)1-6(13,5(11)12)2-4(9)10/h1-6,16,18-20,24-25,27-31H,7H2,(H,32,33);13H,1-2H2,(H,7,8)(H,9,10)(H,11,12)/p+1/t16-,18+,19-,20-,24+;/m0./s1. The molecule has 5 atom stereocenters. The molecule has 12 N–H and O–H groups in total. The van der Waals surface area contributed by atoms with Crippen LogP contribution < -0.4 is 10.2 Å². The Morgan fingerprint density at radius 1 is 0.820 bits per heavy atom. The molecule has 1 saturated heterocycles. The number of hydrogen-bond acceptors (Lipinski definition) is 15.